The Morgan fingerprint density at radius 2 is 0.984 bits per heavy atom. The third-order valence-corrected chi connectivity index (χ3v) is 12.4. The molecule has 0 unspecified atom stereocenters. The summed E-state index contributed by atoms with van der Waals surface area (Å²) in [6.45, 7) is 4.66. The highest BCUT2D eigenvalue weighted by atomic mass is 14.9. The van der Waals surface area contributed by atoms with Gasteiger partial charge in [0.25, 0.3) is 0 Å². The summed E-state index contributed by atoms with van der Waals surface area (Å²) in [6, 6.07) is 76.1. The summed E-state index contributed by atoms with van der Waals surface area (Å²) in [5, 5.41) is 2.30. The van der Waals surface area contributed by atoms with Gasteiger partial charge in [-0.05, 0) is 102 Å². The van der Waals surface area contributed by atoms with Crippen molar-refractivity contribution in [3.63, 3.8) is 0 Å². The molecule has 0 spiro atoms. The van der Waals surface area contributed by atoms with Gasteiger partial charge in [-0.3, -0.25) is 0 Å². The summed E-state index contributed by atoms with van der Waals surface area (Å²) in [5.74, 6) is 0.484. The zero-order valence-electron chi connectivity index (χ0n) is 34.5. The average molecular weight is 783 g/mol. The topological polar surface area (TPSA) is 38.4 Å². The Hall–Kier alpha value is -7.55. The number of amidine groups is 1. The Labute approximate surface area is 359 Å². The fourth-order valence-electron chi connectivity index (χ4n) is 9.15. The summed E-state index contributed by atoms with van der Waals surface area (Å²) in [7, 11) is 0. The van der Waals surface area contributed by atoms with Crippen LogP contribution < -0.4 is 5.73 Å². The molecule has 0 bridgehead atoms. The fourth-order valence-corrected chi connectivity index (χ4v) is 9.15. The minimum atomic E-state index is -0.00545. The normalized spacial score (nSPS) is 13.2. The number of benzene rings is 9. The van der Waals surface area contributed by atoms with Crippen LogP contribution in [0.2, 0.25) is 0 Å². The van der Waals surface area contributed by atoms with Gasteiger partial charge in [-0.2, -0.15) is 0 Å². The molecule has 9 aromatic rings. The Balaban J connectivity index is 1.04. The summed E-state index contributed by atoms with van der Waals surface area (Å²) in [5.41, 5.74) is 25.8. The fraction of sp³-hybridized carbons (Fsp3) is 0.0678. The molecule has 2 N–H and O–H groups in total. The first-order valence-corrected chi connectivity index (χ1v) is 21.1. The maximum absolute atomic E-state index is 6.81. The number of rotatable bonds is 9. The first kappa shape index (κ1) is 37.7. The number of allylic oxidation sites excluding steroid dienone is 1. The summed E-state index contributed by atoms with van der Waals surface area (Å²) >= 11 is 0. The lowest BCUT2D eigenvalue weighted by atomic mass is 9.82. The molecule has 0 atom stereocenters. The molecular formula is C59H46N2. The van der Waals surface area contributed by atoms with Crippen molar-refractivity contribution in [2.75, 3.05) is 0 Å². The number of nitrogens with two attached hydrogens (primary N) is 1. The van der Waals surface area contributed by atoms with Crippen molar-refractivity contribution < 1.29 is 0 Å². The minimum absolute atomic E-state index is 0.00545. The molecule has 0 heterocycles. The third kappa shape index (κ3) is 7.28. The highest BCUT2D eigenvalue weighted by Crippen LogP contribution is 2.49. The second-order valence-electron chi connectivity index (χ2n) is 16.5. The smallest absolute Gasteiger partial charge is 0.131 e. The largest absolute Gasteiger partial charge is 0.383 e. The molecule has 9 aromatic carbocycles. The van der Waals surface area contributed by atoms with Gasteiger partial charge in [-0.25, -0.2) is 4.99 Å². The van der Waals surface area contributed by atoms with Crippen molar-refractivity contribution >= 4 is 22.3 Å². The maximum atomic E-state index is 6.81. The molecule has 61 heavy (non-hydrogen) atoms. The van der Waals surface area contributed by atoms with Crippen LogP contribution in [0.5, 0.6) is 0 Å². The predicted molar refractivity (Wildman–Crippen MR) is 259 cm³/mol. The van der Waals surface area contributed by atoms with E-state index in [4.69, 9.17) is 10.7 Å². The van der Waals surface area contributed by atoms with Crippen LogP contribution in [0, 0.1) is 0 Å². The van der Waals surface area contributed by atoms with Crippen LogP contribution in [0.15, 0.2) is 223 Å². The van der Waals surface area contributed by atoms with Gasteiger partial charge in [0, 0.05) is 16.5 Å². The molecule has 1 aliphatic carbocycles. The van der Waals surface area contributed by atoms with Crippen molar-refractivity contribution in [3.8, 4) is 55.6 Å². The Morgan fingerprint density at radius 1 is 0.443 bits per heavy atom. The van der Waals surface area contributed by atoms with Crippen LogP contribution in [-0.4, -0.2) is 5.84 Å². The lowest BCUT2D eigenvalue weighted by Crippen LogP contribution is -2.14. The molecule has 10 rings (SSSR count). The lowest BCUT2D eigenvalue weighted by molar-refractivity contribution is 0.660. The molecule has 0 aliphatic heterocycles. The predicted octanol–water partition coefficient (Wildman–Crippen LogP) is 14.8. The first-order valence-electron chi connectivity index (χ1n) is 21.1. The Morgan fingerprint density at radius 3 is 1.67 bits per heavy atom. The van der Waals surface area contributed by atoms with Gasteiger partial charge >= 0.3 is 0 Å². The van der Waals surface area contributed by atoms with Gasteiger partial charge < -0.3 is 5.73 Å². The van der Waals surface area contributed by atoms with Gasteiger partial charge in [-0.15, -0.1) is 0 Å². The second-order valence-corrected chi connectivity index (χ2v) is 16.5. The monoisotopic (exact) mass is 782 g/mol. The third-order valence-electron chi connectivity index (χ3n) is 12.4. The molecule has 292 valence electrons. The first-order chi connectivity index (χ1) is 29.9. The Bertz CT molecular complexity index is 3040. The van der Waals surface area contributed by atoms with Gasteiger partial charge in [0.1, 0.15) is 5.84 Å². The van der Waals surface area contributed by atoms with Gasteiger partial charge in [0.15, 0.2) is 0 Å². The van der Waals surface area contributed by atoms with E-state index in [9.17, 15) is 0 Å². The van der Waals surface area contributed by atoms with E-state index in [1.807, 2.05) is 30.3 Å². The van der Waals surface area contributed by atoms with Crippen LogP contribution in [-0.2, 0) is 11.8 Å². The van der Waals surface area contributed by atoms with Crippen molar-refractivity contribution in [1.29, 1.82) is 0 Å². The standard InChI is InChI=1S/C59H46N2/c1-59(2)55-25-15-14-24-52(55)54-39-46(31-34-56(54)59)43-27-29-44(30-28-43)49-32-33-53(51-23-13-12-22-50(49)51)57(61-58(60)45-20-10-5-11-21-45)35-26-40-36-47(41-16-6-3-7-17-41)38-48(37-40)42-18-8-4-9-19-42/h3-25,27-39H,26H2,1-2H3,(H2,60,61)/b57-35-. The molecule has 0 aromatic heterocycles. The molecular weight excluding hydrogens is 737 g/mol. The van der Waals surface area contributed by atoms with Crippen LogP contribution >= 0.6 is 0 Å². The molecule has 0 fully saturated rings. The summed E-state index contributed by atoms with van der Waals surface area (Å²) in [4.78, 5) is 5.19. The van der Waals surface area contributed by atoms with Crippen molar-refractivity contribution in [2.24, 2.45) is 10.7 Å². The molecule has 2 nitrogen and oxygen atoms in total. The number of nitrogens with zero attached hydrogens (tertiary/aromatic N) is 1. The van der Waals surface area contributed by atoms with Crippen molar-refractivity contribution in [2.45, 2.75) is 25.7 Å². The van der Waals surface area contributed by atoms with E-state index in [0.717, 1.165) is 22.2 Å². The highest BCUT2D eigenvalue weighted by Gasteiger charge is 2.35. The van der Waals surface area contributed by atoms with E-state index >= 15 is 0 Å². The van der Waals surface area contributed by atoms with E-state index in [1.54, 1.807) is 0 Å². The number of hydrogen-bond donors (Lipinski definition) is 1. The van der Waals surface area contributed by atoms with Gasteiger partial charge in [0.2, 0.25) is 0 Å². The van der Waals surface area contributed by atoms with E-state index in [0.29, 0.717) is 12.3 Å². The Kier molecular flexibility index (Phi) is 9.83. The van der Waals surface area contributed by atoms with E-state index < -0.39 is 0 Å². The highest BCUT2D eigenvalue weighted by molar-refractivity contribution is 6.06. The molecule has 2 heteroatoms. The number of fused-ring (bicyclic) bond motifs is 4. The molecule has 0 saturated carbocycles. The van der Waals surface area contributed by atoms with Gasteiger partial charge in [0.05, 0.1) is 5.70 Å². The SMILES string of the molecule is CC1(C)c2ccccc2-c2cc(-c3ccc(-c4ccc(/C(=C/Cc5cc(-c6ccccc6)cc(-c6ccccc6)c5)N=C(N)c5ccccc5)c5ccccc45)cc3)ccc21. The van der Waals surface area contributed by atoms with E-state index in [-0.39, 0.29) is 5.41 Å². The van der Waals surface area contributed by atoms with Gasteiger partial charge in [-0.1, -0.05) is 220 Å². The zero-order chi connectivity index (χ0) is 41.3. The summed E-state index contributed by atoms with van der Waals surface area (Å²) in [6.07, 6.45) is 2.91. The van der Waals surface area contributed by atoms with E-state index in [1.165, 1.54) is 77.7 Å². The molecule has 0 saturated heterocycles. The maximum Gasteiger partial charge on any atom is 0.131 e. The zero-order valence-corrected chi connectivity index (χ0v) is 34.5. The number of aliphatic imine (C=N–C) groups is 1. The molecule has 0 amide bonds. The molecule has 1 aliphatic rings. The molecule has 0 radical (unpaired) electrons. The van der Waals surface area contributed by atoms with E-state index in [2.05, 4.69) is 202 Å². The van der Waals surface area contributed by atoms with Crippen LogP contribution in [0.3, 0.4) is 0 Å². The quantitative estimate of drug-likeness (QED) is 0.115. The van der Waals surface area contributed by atoms with Crippen molar-refractivity contribution in [3.05, 3.63) is 246 Å². The average Bonchev–Trinajstić information content (AvgIpc) is 3.56. The van der Waals surface area contributed by atoms with Crippen LogP contribution in [0.4, 0.5) is 0 Å². The number of hydrogen-bond acceptors (Lipinski definition) is 1. The van der Waals surface area contributed by atoms with Crippen LogP contribution in [0.1, 0.15) is 41.7 Å². The van der Waals surface area contributed by atoms with Crippen LogP contribution in [0.25, 0.3) is 72.1 Å². The van der Waals surface area contributed by atoms with Crippen molar-refractivity contribution in [1.82, 2.24) is 0 Å². The summed E-state index contributed by atoms with van der Waals surface area (Å²) < 4.78 is 0. The second kappa shape index (κ2) is 15.9. The lowest BCUT2D eigenvalue weighted by Gasteiger charge is -2.21. The minimum Gasteiger partial charge on any atom is -0.383 e.